The molecule has 0 spiro atoms. The number of amides is 1. The van der Waals surface area contributed by atoms with Gasteiger partial charge in [0.1, 0.15) is 11.2 Å². The Balaban J connectivity index is 1.70. The lowest BCUT2D eigenvalue weighted by atomic mass is 10.1. The lowest BCUT2D eigenvalue weighted by Gasteiger charge is -2.10. The molecule has 3 heterocycles. The normalized spacial score (nSPS) is 10.8. The topological polar surface area (TPSA) is 75.4 Å². The van der Waals surface area contributed by atoms with Crippen LogP contribution in [0.4, 0.5) is 10.8 Å². The number of carbonyl (C=O) groups excluding carboxylic acids is 1. The highest BCUT2D eigenvalue weighted by Gasteiger charge is 2.12. The highest BCUT2D eigenvalue weighted by atomic mass is 32.1. The number of imidazole rings is 1. The Hall–Kier alpha value is -3.26. The van der Waals surface area contributed by atoms with E-state index in [-0.39, 0.29) is 5.91 Å². The van der Waals surface area contributed by atoms with E-state index in [1.54, 1.807) is 30.6 Å². The summed E-state index contributed by atoms with van der Waals surface area (Å²) in [7, 11) is 3.47. The standard InChI is InChI=1S/C18H16N6OS/c1-23(2)17(25)13-6-7-24-15(10-19-16(24)9-13)12-4-3-5-14(8-12)21-18-22-20-11-26-18/h3-11H,1-2H3,(H,21,22). The van der Waals surface area contributed by atoms with Crippen molar-refractivity contribution >= 4 is 33.7 Å². The molecule has 7 nitrogen and oxygen atoms in total. The van der Waals surface area contributed by atoms with Gasteiger partial charge in [0.15, 0.2) is 0 Å². The van der Waals surface area contributed by atoms with Crippen molar-refractivity contribution in [3.8, 4) is 11.3 Å². The van der Waals surface area contributed by atoms with Gasteiger partial charge in [0.2, 0.25) is 5.13 Å². The van der Waals surface area contributed by atoms with Crippen LogP contribution in [0.1, 0.15) is 10.4 Å². The summed E-state index contributed by atoms with van der Waals surface area (Å²) >= 11 is 1.44. The first-order valence-corrected chi connectivity index (χ1v) is 8.82. The summed E-state index contributed by atoms with van der Waals surface area (Å²) in [6.07, 6.45) is 3.68. The molecular formula is C18H16N6OS. The van der Waals surface area contributed by atoms with E-state index < -0.39 is 0 Å². The highest BCUT2D eigenvalue weighted by Crippen LogP contribution is 2.26. The molecule has 1 N–H and O–H groups in total. The van der Waals surface area contributed by atoms with Crippen molar-refractivity contribution in [2.24, 2.45) is 0 Å². The Labute approximate surface area is 153 Å². The van der Waals surface area contributed by atoms with Crippen LogP contribution >= 0.6 is 11.3 Å². The minimum absolute atomic E-state index is 0.0414. The Morgan fingerprint density at radius 1 is 1.23 bits per heavy atom. The molecule has 0 atom stereocenters. The molecule has 3 aromatic heterocycles. The van der Waals surface area contributed by atoms with Crippen molar-refractivity contribution in [2.45, 2.75) is 0 Å². The van der Waals surface area contributed by atoms with Crippen molar-refractivity contribution in [3.05, 3.63) is 59.9 Å². The lowest BCUT2D eigenvalue weighted by molar-refractivity contribution is 0.0827. The molecule has 1 amide bonds. The summed E-state index contributed by atoms with van der Waals surface area (Å²) in [6.45, 7) is 0. The average molecular weight is 364 g/mol. The molecule has 0 unspecified atom stereocenters. The Morgan fingerprint density at radius 3 is 2.88 bits per heavy atom. The van der Waals surface area contributed by atoms with E-state index >= 15 is 0 Å². The van der Waals surface area contributed by atoms with Crippen LogP contribution in [0.5, 0.6) is 0 Å². The van der Waals surface area contributed by atoms with Crippen molar-refractivity contribution in [1.29, 1.82) is 0 Å². The largest absolute Gasteiger partial charge is 0.345 e. The zero-order valence-corrected chi connectivity index (χ0v) is 15.1. The fraction of sp³-hybridized carbons (Fsp3) is 0.111. The lowest BCUT2D eigenvalue weighted by Crippen LogP contribution is -2.21. The van der Waals surface area contributed by atoms with Gasteiger partial charge >= 0.3 is 0 Å². The van der Waals surface area contributed by atoms with Crippen LogP contribution in [0, 0.1) is 0 Å². The third-order valence-corrected chi connectivity index (χ3v) is 4.54. The molecule has 0 aliphatic heterocycles. The molecule has 8 heteroatoms. The maximum absolute atomic E-state index is 12.1. The summed E-state index contributed by atoms with van der Waals surface area (Å²) in [4.78, 5) is 18.1. The van der Waals surface area contributed by atoms with Crippen LogP contribution in [0.3, 0.4) is 0 Å². The number of nitrogens with one attached hydrogen (secondary N) is 1. The van der Waals surface area contributed by atoms with Gasteiger partial charge in [0.25, 0.3) is 5.91 Å². The Morgan fingerprint density at radius 2 is 2.12 bits per heavy atom. The highest BCUT2D eigenvalue weighted by molar-refractivity contribution is 7.13. The summed E-state index contributed by atoms with van der Waals surface area (Å²) in [5, 5.41) is 11.8. The van der Waals surface area contributed by atoms with E-state index in [2.05, 4.69) is 20.5 Å². The molecule has 0 saturated carbocycles. The number of pyridine rings is 1. The number of nitrogens with zero attached hydrogens (tertiary/aromatic N) is 5. The number of aromatic nitrogens is 4. The zero-order valence-electron chi connectivity index (χ0n) is 14.2. The van der Waals surface area contributed by atoms with Gasteiger partial charge in [-0.05, 0) is 24.3 Å². The maximum atomic E-state index is 12.1. The average Bonchev–Trinajstić information content (AvgIpc) is 3.30. The van der Waals surface area contributed by atoms with E-state index in [1.807, 2.05) is 47.1 Å². The fourth-order valence-electron chi connectivity index (χ4n) is 2.69. The van der Waals surface area contributed by atoms with Crippen molar-refractivity contribution in [2.75, 3.05) is 19.4 Å². The number of carbonyl (C=O) groups is 1. The third-order valence-electron chi connectivity index (χ3n) is 3.94. The monoisotopic (exact) mass is 364 g/mol. The molecule has 0 bridgehead atoms. The van der Waals surface area contributed by atoms with Gasteiger partial charge in [-0.3, -0.25) is 9.20 Å². The number of benzene rings is 1. The quantitative estimate of drug-likeness (QED) is 0.601. The molecule has 4 aromatic rings. The second-order valence-corrected chi connectivity index (χ2v) is 6.77. The van der Waals surface area contributed by atoms with E-state index in [1.165, 1.54) is 11.3 Å². The van der Waals surface area contributed by atoms with Gasteiger partial charge < -0.3 is 10.2 Å². The molecule has 0 fully saturated rings. The first kappa shape index (κ1) is 16.2. The molecule has 0 saturated heterocycles. The van der Waals surface area contributed by atoms with Gasteiger partial charge in [0.05, 0.1) is 11.9 Å². The SMILES string of the molecule is CN(C)C(=O)c1ccn2c(-c3cccc(Nc4nncs4)c3)cnc2c1. The molecular weight excluding hydrogens is 348 g/mol. The summed E-state index contributed by atoms with van der Waals surface area (Å²) in [6, 6.07) is 11.6. The van der Waals surface area contributed by atoms with E-state index in [0.717, 1.165) is 27.7 Å². The summed E-state index contributed by atoms with van der Waals surface area (Å²) in [5.41, 5.74) is 5.92. The van der Waals surface area contributed by atoms with Crippen molar-refractivity contribution < 1.29 is 4.79 Å². The number of hydrogen-bond donors (Lipinski definition) is 1. The number of anilines is 2. The minimum Gasteiger partial charge on any atom is -0.345 e. The first-order valence-electron chi connectivity index (χ1n) is 7.94. The van der Waals surface area contributed by atoms with Crippen molar-refractivity contribution in [1.82, 2.24) is 24.5 Å². The van der Waals surface area contributed by atoms with Crippen LogP contribution in [0.15, 0.2) is 54.3 Å². The van der Waals surface area contributed by atoms with E-state index in [4.69, 9.17) is 0 Å². The third kappa shape index (κ3) is 3.02. The molecule has 4 rings (SSSR count). The van der Waals surface area contributed by atoms with Crippen LogP contribution in [-0.4, -0.2) is 44.5 Å². The smallest absolute Gasteiger partial charge is 0.253 e. The molecule has 1 aromatic carbocycles. The molecule has 26 heavy (non-hydrogen) atoms. The van der Waals surface area contributed by atoms with Crippen LogP contribution < -0.4 is 5.32 Å². The number of rotatable bonds is 4. The molecule has 0 aliphatic carbocycles. The van der Waals surface area contributed by atoms with Crippen LogP contribution in [0.2, 0.25) is 0 Å². The summed E-state index contributed by atoms with van der Waals surface area (Å²) in [5.74, 6) is -0.0414. The van der Waals surface area contributed by atoms with Crippen LogP contribution in [-0.2, 0) is 0 Å². The number of hydrogen-bond acceptors (Lipinski definition) is 6. The molecule has 130 valence electrons. The second kappa shape index (κ2) is 6.57. The van der Waals surface area contributed by atoms with Crippen LogP contribution in [0.25, 0.3) is 16.9 Å². The predicted octanol–water partition coefficient (Wildman–Crippen LogP) is 3.30. The molecule has 0 aliphatic rings. The van der Waals surface area contributed by atoms with Gasteiger partial charge in [0, 0.05) is 37.1 Å². The molecule has 0 radical (unpaired) electrons. The summed E-state index contributed by atoms with van der Waals surface area (Å²) < 4.78 is 1.97. The number of fused-ring (bicyclic) bond motifs is 1. The zero-order chi connectivity index (χ0) is 18.1. The van der Waals surface area contributed by atoms with Gasteiger partial charge in [-0.15, -0.1) is 10.2 Å². The second-order valence-electron chi connectivity index (χ2n) is 5.94. The van der Waals surface area contributed by atoms with Gasteiger partial charge in [-0.1, -0.05) is 23.5 Å². The van der Waals surface area contributed by atoms with Gasteiger partial charge in [-0.25, -0.2) is 4.98 Å². The van der Waals surface area contributed by atoms with E-state index in [9.17, 15) is 4.79 Å². The van der Waals surface area contributed by atoms with Gasteiger partial charge in [-0.2, -0.15) is 0 Å². The Kier molecular flexibility index (Phi) is 4.10. The van der Waals surface area contributed by atoms with Crippen molar-refractivity contribution in [3.63, 3.8) is 0 Å². The fourth-order valence-corrected chi connectivity index (χ4v) is 3.16. The first-order chi connectivity index (χ1) is 12.6. The maximum Gasteiger partial charge on any atom is 0.253 e. The van der Waals surface area contributed by atoms with E-state index in [0.29, 0.717) is 5.56 Å². The minimum atomic E-state index is -0.0414. The Bertz CT molecular complexity index is 1070. The predicted molar refractivity (Wildman–Crippen MR) is 102 cm³/mol.